The highest BCUT2D eigenvalue weighted by Crippen LogP contribution is 2.19. The van der Waals surface area contributed by atoms with Crippen LogP contribution in [-0.4, -0.2) is 65.8 Å². The Bertz CT molecular complexity index is 965. The third kappa shape index (κ3) is 3.83. The van der Waals surface area contributed by atoms with Crippen molar-refractivity contribution in [3.8, 4) is 0 Å². The Kier molecular flexibility index (Phi) is 5.24. The molecule has 1 N–H and O–H groups in total. The molecule has 0 saturated carbocycles. The first kappa shape index (κ1) is 19.0. The third-order valence-electron chi connectivity index (χ3n) is 4.48. The van der Waals surface area contributed by atoms with Gasteiger partial charge in [-0.05, 0) is 42.8 Å². The monoisotopic (exact) mass is 389 g/mol. The quantitative estimate of drug-likeness (QED) is 0.843. The van der Waals surface area contributed by atoms with Crippen molar-refractivity contribution in [3.63, 3.8) is 0 Å². The second-order valence-corrected chi connectivity index (χ2v) is 8.13. The summed E-state index contributed by atoms with van der Waals surface area (Å²) >= 11 is 0. The molecule has 0 atom stereocenters. The highest BCUT2D eigenvalue weighted by Gasteiger charge is 2.31. The van der Waals surface area contributed by atoms with Gasteiger partial charge in [-0.15, -0.1) is 0 Å². The standard InChI is InChI=1S/C18H19N3O5S/c1-13-3-2-8-19-16(13)17(22)20-9-11-21(12-10-20)27(25,26)15-6-4-14(5-7-15)18(23)24/h2-8H,9-12H2,1H3,(H,23,24). The molecular formula is C18H19N3O5S. The molecule has 2 heterocycles. The van der Waals surface area contributed by atoms with Crippen molar-refractivity contribution in [3.05, 3.63) is 59.4 Å². The number of sulfonamides is 1. The zero-order valence-electron chi connectivity index (χ0n) is 14.7. The van der Waals surface area contributed by atoms with Gasteiger partial charge in [0.05, 0.1) is 10.5 Å². The Morgan fingerprint density at radius 1 is 1.04 bits per heavy atom. The van der Waals surface area contributed by atoms with E-state index < -0.39 is 16.0 Å². The smallest absolute Gasteiger partial charge is 0.335 e. The topological polar surface area (TPSA) is 108 Å². The molecule has 1 aliphatic rings. The first-order valence-electron chi connectivity index (χ1n) is 8.35. The van der Waals surface area contributed by atoms with Crippen LogP contribution < -0.4 is 0 Å². The molecular weight excluding hydrogens is 370 g/mol. The Morgan fingerprint density at radius 2 is 1.67 bits per heavy atom. The van der Waals surface area contributed by atoms with Crippen LogP contribution in [0, 0.1) is 6.92 Å². The molecule has 1 aromatic carbocycles. The molecule has 9 heteroatoms. The number of nitrogens with zero attached hydrogens (tertiary/aromatic N) is 3. The highest BCUT2D eigenvalue weighted by molar-refractivity contribution is 7.89. The number of hydrogen-bond donors (Lipinski definition) is 1. The number of carbonyl (C=O) groups is 2. The Morgan fingerprint density at radius 3 is 2.22 bits per heavy atom. The first-order valence-corrected chi connectivity index (χ1v) is 9.79. The van der Waals surface area contributed by atoms with Crippen molar-refractivity contribution < 1.29 is 23.1 Å². The van der Waals surface area contributed by atoms with Crippen molar-refractivity contribution in [2.24, 2.45) is 0 Å². The maximum atomic E-state index is 12.7. The molecule has 0 spiro atoms. The van der Waals surface area contributed by atoms with E-state index in [1.165, 1.54) is 28.6 Å². The Hall–Kier alpha value is -2.78. The number of carboxylic acids is 1. The molecule has 1 fully saturated rings. The van der Waals surface area contributed by atoms with Crippen molar-refractivity contribution >= 4 is 21.9 Å². The fraction of sp³-hybridized carbons (Fsp3) is 0.278. The van der Waals surface area contributed by atoms with Crippen LogP contribution in [0.3, 0.4) is 0 Å². The Labute approximate surface area is 157 Å². The summed E-state index contributed by atoms with van der Waals surface area (Å²) in [5, 5.41) is 8.92. The van der Waals surface area contributed by atoms with Crippen LogP contribution in [-0.2, 0) is 10.0 Å². The fourth-order valence-corrected chi connectivity index (χ4v) is 4.33. The lowest BCUT2D eigenvalue weighted by atomic mass is 10.2. The van der Waals surface area contributed by atoms with E-state index in [2.05, 4.69) is 4.98 Å². The summed E-state index contributed by atoms with van der Waals surface area (Å²) in [7, 11) is -3.74. The number of benzene rings is 1. The van der Waals surface area contributed by atoms with Crippen LogP contribution in [0.2, 0.25) is 0 Å². The molecule has 1 aromatic heterocycles. The number of aromatic nitrogens is 1. The van der Waals surface area contributed by atoms with E-state index in [0.29, 0.717) is 5.69 Å². The van der Waals surface area contributed by atoms with E-state index in [0.717, 1.165) is 5.56 Å². The largest absolute Gasteiger partial charge is 0.478 e. The molecule has 2 aromatic rings. The molecule has 3 rings (SSSR count). The van der Waals surface area contributed by atoms with E-state index >= 15 is 0 Å². The molecule has 0 aliphatic carbocycles. The third-order valence-corrected chi connectivity index (χ3v) is 6.39. The van der Waals surface area contributed by atoms with Crippen LogP contribution in [0.25, 0.3) is 0 Å². The van der Waals surface area contributed by atoms with Gasteiger partial charge in [-0.3, -0.25) is 9.78 Å². The van der Waals surface area contributed by atoms with Gasteiger partial charge in [0.1, 0.15) is 5.69 Å². The van der Waals surface area contributed by atoms with E-state index in [1.807, 2.05) is 13.0 Å². The molecule has 27 heavy (non-hydrogen) atoms. The predicted molar refractivity (Wildman–Crippen MR) is 97.0 cm³/mol. The van der Waals surface area contributed by atoms with Crippen LogP contribution in [0.15, 0.2) is 47.5 Å². The molecule has 0 radical (unpaired) electrons. The number of carbonyl (C=O) groups excluding carboxylic acids is 1. The number of pyridine rings is 1. The number of aromatic carboxylic acids is 1. The minimum Gasteiger partial charge on any atom is -0.478 e. The average Bonchev–Trinajstić information content (AvgIpc) is 2.68. The SMILES string of the molecule is Cc1cccnc1C(=O)N1CCN(S(=O)(=O)c2ccc(C(=O)O)cc2)CC1. The molecule has 1 aliphatic heterocycles. The lowest BCUT2D eigenvalue weighted by Gasteiger charge is -2.34. The molecule has 8 nitrogen and oxygen atoms in total. The van der Waals surface area contributed by atoms with E-state index in [1.54, 1.807) is 17.2 Å². The highest BCUT2D eigenvalue weighted by atomic mass is 32.2. The normalized spacial score (nSPS) is 15.5. The van der Waals surface area contributed by atoms with Gasteiger partial charge < -0.3 is 10.0 Å². The maximum absolute atomic E-state index is 12.7. The van der Waals surface area contributed by atoms with Crippen molar-refractivity contribution in [2.75, 3.05) is 26.2 Å². The summed E-state index contributed by atoms with van der Waals surface area (Å²) in [5.74, 6) is -1.33. The summed E-state index contributed by atoms with van der Waals surface area (Å²) in [6.45, 7) is 2.67. The number of carboxylic acid groups (broad SMARTS) is 1. The summed E-state index contributed by atoms with van der Waals surface area (Å²) in [4.78, 5) is 29.2. The van der Waals surface area contributed by atoms with E-state index in [-0.39, 0.29) is 42.5 Å². The number of amides is 1. The summed E-state index contributed by atoms with van der Waals surface area (Å²) < 4.78 is 26.8. The lowest BCUT2D eigenvalue weighted by Crippen LogP contribution is -2.50. The van der Waals surface area contributed by atoms with Crippen LogP contribution in [0.5, 0.6) is 0 Å². The molecule has 1 amide bonds. The van der Waals surface area contributed by atoms with Gasteiger partial charge in [0.25, 0.3) is 5.91 Å². The second kappa shape index (κ2) is 7.45. The fourth-order valence-electron chi connectivity index (χ4n) is 2.91. The predicted octanol–water partition coefficient (Wildman–Crippen LogP) is 1.23. The van der Waals surface area contributed by atoms with Gasteiger partial charge in [0.15, 0.2) is 0 Å². The zero-order chi connectivity index (χ0) is 19.6. The van der Waals surface area contributed by atoms with E-state index in [9.17, 15) is 18.0 Å². The van der Waals surface area contributed by atoms with Gasteiger partial charge in [-0.25, -0.2) is 13.2 Å². The molecule has 142 valence electrons. The molecule has 1 saturated heterocycles. The summed E-state index contributed by atoms with van der Waals surface area (Å²) in [6, 6.07) is 8.66. The van der Waals surface area contributed by atoms with Crippen LogP contribution in [0.1, 0.15) is 26.4 Å². The van der Waals surface area contributed by atoms with Gasteiger partial charge in [0, 0.05) is 32.4 Å². The average molecular weight is 389 g/mol. The van der Waals surface area contributed by atoms with Crippen LogP contribution in [0.4, 0.5) is 0 Å². The second-order valence-electron chi connectivity index (χ2n) is 6.19. The van der Waals surface area contributed by atoms with Gasteiger partial charge >= 0.3 is 5.97 Å². The molecule has 0 bridgehead atoms. The zero-order valence-corrected chi connectivity index (χ0v) is 15.5. The first-order chi connectivity index (χ1) is 12.8. The minimum atomic E-state index is -3.74. The number of rotatable bonds is 4. The Balaban J connectivity index is 1.70. The van der Waals surface area contributed by atoms with Crippen molar-refractivity contribution in [1.82, 2.24) is 14.2 Å². The van der Waals surface area contributed by atoms with Crippen LogP contribution >= 0.6 is 0 Å². The number of hydrogen-bond acceptors (Lipinski definition) is 5. The number of aryl methyl sites for hydroxylation is 1. The molecule has 0 unspecified atom stereocenters. The summed E-state index contributed by atoms with van der Waals surface area (Å²) in [5.41, 5.74) is 1.17. The van der Waals surface area contributed by atoms with Gasteiger partial charge in [-0.2, -0.15) is 4.31 Å². The maximum Gasteiger partial charge on any atom is 0.335 e. The van der Waals surface area contributed by atoms with Gasteiger partial charge in [-0.1, -0.05) is 6.07 Å². The number of piperazine rings is 1. The van der Waals surface area contributed by atoms with Crippen molar-refractivity contribution in [2.45, 2.75) is 11.8 Å². The van der Waals surface area contributed by atoms with Gasteiger partial charge in [0.2, 0.25) is 10.0 Å². The van der Waals surface area contributed by atoms with Crippen molar-refractivity contribution in [1.29, 1.82) is 0 Å². The van der Waals surface area contributed by atoms with E-state index in [4.69, 9.17) is 5.11 Å². The minimum absolute atomic E-state index is 0.0232. The lowest BCUT2D eigenvalue weighted by molar-refractivity contribution is 0.0686. The summed E-state index contributed by atoms with van der Waals surface area (Å²) in [6.07, 6.45) is 1.56.